The number of ether oxygens (including phenoxy) is 1. The zero-order valence-electron chi connectivity index (χ0n) is 15.4. The highest BCUT2D eigenvalue weighted by Gasteiger charge is 2.54. The van der Waals surface area contributed by atoms with Crippen LogP contribution >= 0.6 is 0 Å². The molecule has 4 nitrogen and oxygen atoms in total. The minimum Gasteiger partial charge on any atom is -0.430 e. The molecule has 4 rings (SSSR count). The zero-order valence-corrected chi connectivity index (χ0v) is 15.4. The van der Waals surface area contributed by atoms with Gasteiger partial charge in [0.2, 0.25) is 0 Å². The Kier molecular flexibility index (Phi) is 3.79. The Morgan fingerprint density at radius 2 is 2.12 bits per heavy atom. The molecule has 6 atom stereocenters. The quantitative estimate of drug-likeness (QED) is 0.566. The predicted molar refractivity (Wildman–Crippen MR) is 96.3 cm³/mol. The number of allylic oxidation sites excluding steroid dienone is 4. The fraction of sp³-hybridized carbons (Fsp3) is 0.667. The highest BCUT2D eigenvalue weighted by Crippen LogP contribution is 2.61. The Morgan fingerprint density at radius 3 is 2.84 bits per heavy atom. The van der Waals surface area contributed by atoms with Gasteiger partial charge in [-0.15, -0.1) is 0 Å². The molecule has 25 heavy (non-hydrogen) atoms. The summed E-state index contributed by atoms with van der Waals surface area (Å²) >= 11 is 0. The third kappa shape index (κ3) is 2.37. The van der Waals surface area contributed by atoms with Gasteiger partial charge in [0.05, 0.1) is 12.1 Å². The monoisotopic (exact) mass is 343 g/mol. The largest absolute Gasteiger partial charge is 0.430 e. The third-order valence-electron chi connectivity index (χ3n) is 7.45. The molecule has 0 amide bonds. The standard InChI is InChI=1S/C21H29NO3/c1-12(23)25-18-11-17-15-5-4-13-10-14(24)6-8-20(13,2)16(15)7-9-21(17,3)19(18)22/h6,8,11,13-14,17,19,24H,4-5,7,9-10,22H2,1-3H3/t13?,14?,17-,19?,20-,21-/m0/s1. The van der Waals surface area contributed by atoms with E-state index in [1.165, 1.54) is 12.5 Å². The summed E-state index contributed by atoms with van der Waals surface area (Å²) in [4.78, 5) is 11.4. The molecule has 4 aliphatic carbocycles. The van der Waals surface area contributed by atoms with E-state index in [0.29, 0.717) is 11.7 Å². The van der Waals surface area contributed by atoms with Crippen LogP contribution in [0, 0.1) is 22.7 Å². The molecule has 0 aliphatic heterocycles. The van der Waals surface area contributed by atoms with E-state index in [4.69, 9.17) is 10.5 Å². The van der Waals surface area contributed by atoms with Crippen molar-refractivity contribution in [2.75, 3.05) is 0 Å². The van der Waals surface area contributed by atoms with Crippen LogP contribution in [0.3, 0.4) is 0 Å². The van der Waals surface area contributed by atoms with Crippen LogP contribution in [0.1, 0.15) is 52.9 Å². The minimum absolute atomic E-state index is 0.0519. The van der Waals surface area contributed by atoms with Crippen molar-refractivity contribution < 1.29 is 14.6 Å². The Hall–Kier alpha value is -1.39. The number of aliphatic hydroxyl groups excluding tert-OH is 1. The highest BCUT2D eigenvalue weighted by molar-refractivity contribution is 5.67. The highest BCUT2D eigenvalue weighted by atomic mass is 16.5. The molecular weight excluding hydrogens is 314 g/mol. The van der Waals surface area contributed by atoms with E-state index >= 15 is 0 Å². The minimum atomic E-state index is -0.301. The molecule has 4 heteroatoms. The molecule has 0 spiro atoms. The Balaban J connectivity index is 1.76. The first kappa shape index (κ1) is 17.0. The van der Waals surface area contributed by atoms with Crippen molar-refractivity contribution in [2.24, 2.45) is 28.4 Å². The van der Waals surface area contributed by atoms with E-state index in [9.17, 15) is 9.90 Å². The van der Waals surface area contributed by atoms with Gasteiger partial charge in [-0.25, -0.2) is 0 Å². The van der Waals surface area contributed by atoms with Crippen molar-refractivity contribution in [3.05, 3.63) is 35.1 Å². The molecule has 3 unspecified atom stereocenters. The number of hydrogen-bond acceptors (Lipinski definition) is 4. The summed E-state index contributed by atoms with van der Waals surface area (Å²) in [7, 11) is 0. The summed E-state index contributed by atoms with van der Waals surface area (Å²) in [6.07, 6.45) is 11.1. The van der Waals surface area contributed by atoms with Crippen molar-refractivity contribution in [3.8, 4) is 0 Å². The van der Waals surface area contributed by atoms with Crippen molar-refractivity contribution >= 4 is 5.97 Å². The average Bonchev–Trinajstić information content (AvgIpc) is 2.79. The first-order chi connectivity index (χ1) is 11.8. The fourth-order valence-electron chi connectivity index (χ4n) is 5.87. The second-order valence-corrected chi connectivity index (χ2v) is 8.81. The number of carbonyl (C=O) groups excluding carboxylic acids is 1. The van der Waals surface area contributed by atoms with E-state index < -0.39 is 0 Å². The Bertz CT molecular complexity index is 706. The van der Waals surface area contributed by atoms with Crippen LogP contribution < -0.4 is 5.73 Å². The van der Waals surface area contributed by atoms with Gasteiger partial charge in [0, 0.05) is 23.7 Å². The second kappa shape index (κ2) is 5.55. The topological polar surface area (TPSA) is 72.5 Å². The molecule has 0 bridgehead atoms. The first-order valence-electron chi connectivity index (χ1n) is 9.51. The molecule has 0 heterocycles. The third-order valence-corrected chi connectivity index (χ3v) is 7.45. The van der Waals surface area contributed by atoms with Crippen LogP contribution in [0.2, 0.25) is 0 Å². The van der Waals surface area contributed by atoms with Gasteiger partial charge in [-0.05, 0) is 44.1 Å². The lowest BCUT2D eigenvalue weighted by atomic mass is 9.53. The lowest BCUT2D eigenvalue weighted by Gasteiger charge is -2.52. The van der Waals surface area contributed by atoms with Crippen molar-refractivity contribution in [2.45, 2.75) is 65.0 Å². The lowest BCUT2D eigenvalue weighted by molar-refractivity contribution is -0.137. The molecule has 0 radical (unpaired) electrons. The number of hydrogen-bond donors (Lipinski definition) is 2. The van der Waals surface area contributed by atoms with E-state index in [0.717, 1.165) is 32.1 Å². The van der Waals surface area contributed by atoms with Crippen molar-refractivity contribution in [1.82, 2.24) is 0 Å². The molecule has 3 N–H and O–H groups in total. The number of nitrogens with two attached hydrogens (primary N) is 1. The van der Waals surface area contributed by atoms with Gasteiger partial charge in [0.15, 0.2) is 0 Å². The first-order valence-corrected chi connectivity index (χ1v) is 9.51. The van der Waals surface area contributed by atoms with Crippen LogP contribution in [0.15, 0.2) is 35.1 Å². The van der Waals surface area contributed by atoms with Gasteiger partial charge >= 0.3 is 5.97 Å². The van der Waals surface area contributed by atoms with Crippen molar-refractivity contribution in [1.29, 1.82) is 0 Å². The van der Waals surface area contributed by atoms with Crippen molar-refractivity contribution in [3.63, 3.8) is 0 Å². The Morgan fingerprint density at radius 1 is 1.36 bits per heavy atom. The molecule has 136 valence electrons. The maximum atomic E-state index is 11.4. The second-order valence-electron chi connectivity index (χ2n) is 8.81. The number of esters is 1. The molecule has 4 aliphatic rings. The smallest absolute Gasteiger partial charge is 0.307 e. The van der Waals surface area contributed by atoms with Crippen LogP contribution in [0.4, 0.5) is 0 Å². The molecule has 0 aromatic carbocycles. The number of fused-ring (bicyclic) bond motifs is 4. The fourth-order valence-corrected chi connectivity index (χ4v) is 5.87. The van der Waals surface area contributed by atoms with Gasteiger partial charge < -0.3 is 15.6 Å². The summed E-state index contributed by atoms with van der Waals surface area (Å²) in [5.74, 6) is 1.13. The van der Waals surface area contributed by atoms with Gasteiger partial charge in [-0.1, -0.05) is 37.1 Å². The lowest BCUT2D eigenvalue weighted by Crippen LogP contribution is -2.47. The van der Waals surface area contributed by atoms with Gasteiger partial charge in [0.1, 0.15) is 5.76 Å². The van der Waals surface area contributed by atoms with Crippen LogP contribution in [-0.4, -0.2) is 23.2 Å². The van der Waals surface area contributed by atoms with E-state index in [2.05, 4.69) is 26.0 Å². The summed E-state index contributed by atoms with van der Waals surface area (Å²) < 4.78 is 5.43. The molecule has 0 aromatic heterocycles. The van der Waals surface area contributed by atoms with E-state index in [1.807, 2.05) is 6.08 Å². The maximum absolute atomic E-state index is 11.4. The molecule has 0 saturated heterocycles. The van der Waals surface area contributed by atoms with E-state index in [1.54, 1.807) is 5.57 Å². The zero-order chi connectivity index (χ0) is 18.0. The van der Waals surface area contributed by atoms with E-state index in [-0.39, 0.29) is 34.9 Å². The molecule has 0 saturated carbocycles. The van der Waals surface area contributed by atoms with Crippen LogP contribution in [-0.2, 0) is 9.53 Å². The maximum Gasteiger partial charge on any atom is 0.307 e. The van der Waals surface area contributed by atoms with Gasteiger partial charge in [-0.2, -0.15) is 0 Å². The number of rotatable bonds is 1. The Labute approximate surface area is 149 Å². The average molecular weight is 343 g/mol. The SMILES string of the molecule is CC(=O)OC1=C[C@H]2C3=C(CC[C@]2(C)C1N)[C@@]1(C)C=CC(O)CC1CC3. The predicted octanol–water partition coefficient (Wildman–Crippen LogP) is 3.22. The van der Waals surface area contributed by atoms with Crippen LogP contribution in [0.25, 0.3) is 0 Å². The summed E-state index contributed by atoms with van der Waals surface area (Å²) in [5.41, 5.74) is 9.54. The molecule has 0 fully saturated rings. The molecular formula is C21H29NO3. The van der Waals surface area contributed by atoms with Crippen LogP contribution in [0.5, 0.6) is 0 Å². The number of aliphatic hydroxyl groups is 1. The summed E-state index contributed by atoms with van der Waals surface area (Å²) in [6.45, 7) is 6.02. The molecule has 0 aromatic rings. The summed E-state index contributed by atoms with van der Waals surface area (Å²) in [5, 5.41) is 10.0. The van der Waals surface area contributed by atoms with Gasteiger partial charge in [0.25, 0.3) is 0 Å². The van der Waals surface area contributed by atoms with Gasteiger partial charge in [-0.3, -0.25) is 4.79 Å². The number of carbonyl (C=O) groups is 1. The normalized spacial score (nSPS) is 45.4. The summed E-state index contributed by atoms with van der Waals surface area (Å²) in [6, 6.07) is -0.218.